The van der Waals surface area contributed by atoms with E-state index in [2.05, 4.69) is 0 Å². The van der Waals surface area contributed by atoms with Crippen molar-refractivity contribution in [2.75, 3.05) is 6.54 Å². The first kappa shape index (κ1) is 13.0. The second-order valence-corrected chi connectivity index (χ2v) is 5.21. The van der Waals surface area contributed by atoms with E-state index < -0.39 is 11.9 Å². The van der Waals surface area contributed by atoms with Crippen molar-refractivity contribution in [2.24, 2.45) is 11.3 Å². The van der Waals surface area contributed by atoms with E-state index in [1.54, 1.807) is 4.90 Å². The molecule has 92 valence electrons. The van der Waals surface area contributed by atoms with Gasteiger partial charge in [0.25, 0.3) is 0 Å². The molecule has 2 atom stereocenters. The van der Waals surface area contributed by atoms with Crippen molar-refractivity contribution in [2.45, 2.75) is 46.6 Å². The van der Waals surface area contributed by atoms with Crippen LogP contribution >= 0.6 is 0 Å². The molecule has 1 heterocycles. The average molecular weight is 227 g/mol. The molecule has 0 aromatic rings. The van der Waals surface area contributed by atoms with Gasteiger partial charge < -0.3 is 10.0 Å². The predicted molar refractivity (Wildman–Crippen MR) is 61.0 cm³/mol. The van der Waals surface area contributed by atoms with Gasteiger partial charge in [-0.25, -0.2) is 0 Å². The Labute approximate surface area is 96.6 Å². The number of carboxylic acid groups (broad SMARTS) is 1. The molecule has 2 unspecified atom stereocenters. The molecule has 1 fully saturated rings. The summed E-state index contributed by atoms with van der Waals surface area (Å²) in [6, 6.07) is -0.184. The van der Waals surface area contributed by atoms with E-state index in [-0.39, 0.29) is 17.4 Å². The molecule has 0 saturated carbocycles. The normalized spacial score (nSPS) is 25.9. The molecule has 4 heteroatoms. The zero-order chi connectivity index (χ0) is 12.5. The minimum Gasteiger partial charge on any atom is -0.481 e. The highest BCUT2D eigenvalue weighted by molar-refractivity contribution is 5.83. The van der Waals surface area contributed by atoms with Crippen molar-refractivity contribution in [3.63, 3.8) is 0 Å². The maximum Gasteiger partial charge on any atom is 0.308 e. The van der Waals surface area contributed by atoms with Crippen LogP contribution in [0.15, 0.2) is 0 Å². The van der Waals surface area contributed by atoms with E-state index in [0.29, 0.717) is 13.0 Å². The molecule has 0 aromatic heterocycles. The zero-order valence-corrected chi connectivity index (χ0v) is 10.5. The highest BCUT2D eigenvalue weighted by atomic mass is 16.4. The second-order valence-electron chi connectivity index (χ2n) is 5.21. The van der Waals surface area contributed by atoms with Crippen LogP contribution in [-0.2, 0) is 9.59 Å². The van der Waals surface area contributed by atoms with Gasteiger partial charge in [0, 0.05) is 18.0 Å². The maximum atomic E-state index is 12.2. The lowest BCUT2D eigenvalue weighted by atomic mass is 9.88. The Morgan fingerprint density at radius 2 is 2.00 bits per heavy atom. The van der Waals surface area contributed by atoms with Gasteiger partial charge in [-0.1, -0.05) is 20.8 Å². The Bertz CT molecular complexity index is 299. The van der Waals surface area contributed by atoms with Crippen molar-refractivity contribution in [1.29, 1.82) is 0 Å². The van der Waals surface area contributed by atoms with Crippen LogP contribution in [0.2, 0.25) is 0 Å². The van der Waals surface area contributed by atoms with Gasteiger partial charge in [0.2, 0.25) is 5.91 Å². The van der Waals surface area contributed by atoms with Gasteiger partial charge in [-0.05, 0) is 19.8 Å². The summed E-state index contributed by atoms with van der Waals surface area (Å²) in [6.45, 7) is 8.20. The van der Waals surface area contributed by atoms with Crippen LogP contribution in [0.3, 0.4) is 0 Å². The van der Waals surface area contributed by atoms with Crippen LogP contribution in [-0.4, -0.2) is 34.5 Å². The Morgan fingerprint density at radius 3 is 2.38 bits per heavy atom. The molecule has 0 aliphatic carbocycles. The van der Waals surface area contributed by atoms with Crippen LogP contribution in [0, 0.1) is 11.3 Å². The smallest absolute Gasteiger partial charge is 0.308 e. The number of hydrogen-bond donors (Lipinski definition) is 1. The van der Waals surface area contributed by atoms with Crippen LogP contribution in [0.1, 0.15) is 40.5 Å². The standard InChI is InChI=1S/C12H21NO3/c1-5-12(3,4)11(16)13-7-6-9(8(13)2)10(14)15/h8-9H,5-7H2,1-4H3,(H,14,15). The Morgan fingerprint density at radius 1 is 1.44 bits per heavy atom. The lowest BCUT2D eigenvalue weighted by Crippen LogP contribution is -2.44. The Hall–Kier alpha value is -1.06. The fourth-order valence-corrected chi connectivity index (χ4v) is 2.10. The number of nitrogens with zero attached hydrogens (tertiary/aromatic N) is 1. The summed E-state index contributed by atoms with van der Waals surface area (Å²) in [7, 11) is 0. The molecule has 1 rings (SSSR count). The third kappa shape index (κ3) is 2.20. The van der Waals surface area contributed by atoms with Crippen molar-refractivity contribution in [3.8, 4) is 0 Å². The first-order valence-corrected chi connectivity index (χ1v) is 5.85. The van der Waals surface area contributed by atoms with Gasteiger partial charge in [0.15, 0.2) is 0 Å². The minimum absolute atomic E-state index is 0.0752. The minimum atomic E-state index is -0.794. The van der Waals surface area contributed by atoms with Crippen molar-refractivity contribution >= 4 is 11.9 Å². The molecular formula is C12H21NO3. The van der Waals surface area contributed by atoms with Gasteiger partial charge >= 0.3 is 5.97 Å². The molecule has 4 nitrogen and oxygen atoms in total. The zero-order valence-electron chi connectivity index (χ0n) is 10.5. The topological polar surface area (TPSA) is 57.6 Å². The molecule has 0 bridgehead atoms. The molecule has 1 amide bonds. The van der Waals surface area contributed by atoms with E-state index in [4.69, 9.17) is 5.11 Å². The van der Waals surface area contributed by atoms with E-state index in [1.807, 2.05) is 27.7 Å². The SMILES string of the molecule is CCC(C)(C)C(=O)N1CCC(C(=O)O)C1C. The third-order valence-electron chi connectivity index (χ3n) is 3.80. The number of rotatable bonds is 3. The average Bonchev–Trinajstić information content (AvgIpc) is 2.59. The summed E-state index contributed by atoms with van der Waals surface area (Å²) in [4.78, 5) is 24.9. The molecular weight excluding hydrogens is 206 g/mol. The Kier molecular flexibility index (Phi) is 3.61. The number of likely N-dealkylation sites (tertiary alicyclic amines) is 1. The second kappa shape index (κ2) is 4.44. The number of aliphatic carboxylic acids is 1. The largest absolute Gasteiger partial charge is 0.481 e. The summed E-state index contributed by atoms with van der Waals surface area (Å²) >= 11 is 0. The molecule has 1 aliphatic heterocycles. The third-order valence-corrected chi connectivity index (χ3v) is 3.80. The van der Waals surface area contributed by atoms with Gasteiger partial charge in [0.05, 0.1) is 5.92 Å². The molecule has 0 radical (unpaired) electrons. The monoisotopic (exact) mass is 227 g/mol. The summed E-state index contributed by atoms with van der Waals surface area (Å²) < 4.78 is 0. The first-order valence-electron chi connectivity index (χ1n) is 5.85. The summed E-state index contributed by atoms with van der Waals surface area (Å²) in [5.41, 5.74) is -0.387. The van der Waals surface area contributed by atoms with E-state index in [1.165, 1.54) is 0 Å². The molecule has 16 heavy (non-hydrogen) atoms. The van der Waals surface area contributed by atoms with Gasteiger partial charge in [-0.15, -0.1) is 0 Å². The van der Waals surface area contributed by atoms with E-state index in [0.717, 1.165) is 6.42 Å². The Balaban J connectivity index is 2.78. The molecule has 1 saturated heterocycles. The molecule has 0 spiro atoms. The lowest BCUT2D eigenvalue weighted by molar-refractivity contribution is -0.145. The van der Waals surface area contributed by atoms with Crippen molar-refractivity contribution in [3.05, 3.63) is 0 Å². The van der Waals surface area contributed by atoms with Crippen molar-refractivity contribution in [1.82, 2.24) is 4.90 Å². The lowest BCUT2D eigenvalue weighted by Gasteiger charge is -2.31. The molecule has 0 aromatic carbocycles. The summed E-state index contributed by atoms with van der Waals surface area (Å²) in [6.07, 6.45) is 1.34. The van der Waals surface area contributed by atoms with Gasteiger partial charge in [-0.3, -0.25) is 9.59 Å². The van der Waals surface area contributed by atoms with Crippen LogP contribution in [0.4, 0.5) is 0 Å². The molecule has 1 N–H and O–H groups in total. The highest BCUT2D eigenvalue weighted by Gasteiger charge is 2.41. The van der Waals surface area contributed by atoms with Crippen LogP contribution in [0.25, 0.3) is 0 Å². The molecule has 1 aliphatic rings. The highest BCUT2D eigenvalue weighted by Crippen LogP contribution is 2.31. The van der Waals surface area contributed by atoms with Crippen LogP contribution in [0.5, 0.6) is 0 Å². The number of carboxylic acids is 1. The van der Waals surface area contributed by atoms with E-state index in [9.17, 15) is 9.59 Å². The number of carbonyl (C=O) groups excluding carboxylic acids is 1. The van der Waals surface area contributed by atoms with Gasteiger partial charge in [-0.2, -0.15) is 0 Å². The summed E-state index contributed by atoms with van der Waals surface area (Å²) in [5, 5.41) is 9.01. The van der Waals surface area contributed by atoms with Gasteiger partial charge in [0.1, 0.15) is 0 Å². The number of carbonyl (C=O) groups is 2. The van der Waals surface area contributed by atoms with E-state index >= 15 is 0 Å². The fourth-order valence-electron chi connectivity index (χ4n) is 2.10. The summed E-state index contributed by atoms with van der Waals surface area (Å²) in [5.74, 6) is -1.13. The predicted octanol–water partition coefficient (Wildman–Crippen LogP) is 1.74. The fraction of sp³-hybridized carbons (Fsp3) is 0.833. The van der Waals surface area contributed by atoms with Crippen molar-refractivity contribution < 1.29 is 14.7 Å². The first-order chi connectivity index (χ1) is 7.31. The maximum absolute atomic E-state index is 12.2. The quantitative estimate of drug-likeness (QED) is 0.799. The van der Waals surface area contributed by atoms with Crippen LogP contribution < -0.4 is 0 Å². The number of hydrogen-bond acceptors (Lipinski definition) is 2. The number of amides is 1.